The summed E-state index contributed by atoms with van der Waals surface area (Å²) in [6.07, 6.45) is 3.80. The summed E-state index contributed by atoms with van der Waals surface area (Å²) in [5.41, 5.74) is 2.96. The monoisotopic (exact) mass is 470 g/mol. The third-order valence-electron chi connectivity index (χ3n) is 4.59. The number of fused-ring (bicyclic) bond motifs is 1. The van der Waals surface area contributed by atoms with Gasteiger partial charge in [0.2, 0.25) is 5.78 Å². The van der Waals surface area contributed by atoms with E-state index in [1.165, 1.54) is 12.1 Å². The number of nitro groups is 1. The molecule has 144 valence electrons. The van der Waals surface area contributed by atoms with Crippen LogP contribution in [0.2, 0.25) is 5.02 Å². The fourth-order valence-electron chi connectivity index (χ4n) is 3.16. The van der Waals surface area contributed by atoms with Crippen molar-refractivity contribution in [3.8, 4) is 11.3 Å². The SMILES string of the molecule is O=C(Cn1c(-c2ccc([N+](=O)[O-])cc2)c[n+]2cc(Br)ccc12)c1ccc(Cl)cc1. The van der Waals surface area contributed by atoms with E-state index in [4.69, 9.17) is 11.6 Å². The number of aromatic nitrogens is 2. The van der Waals surface area contributed by atoms with E-state index in [1.54, 1.807) is 36.4 Å². The molecule has 0 spiro atoms. The van der Waals surface area contributed by atoms with Crippen LogP contribution in [0.4, 0.5) is 5.69 Å². The van der Waals surface area contributed by atoms with Crippen LogP contribution < -0.4 is 4.40 Å². The van der Waals surface area contributed by atoms with E-state index < -0.39 is 4.92 Å². The van der Waals surface area contributed by atoms with Gasteiger partial charge in [-0.25, -0.2) is 8.97 Å². The maximum absolute atomic E-state index is 12.9. The normalized spacial score (nSPS) is 11.0. The number of hydrogen-bond donors (Lipinski definition) is 0. The molecule has 2 heterocycles. The number of imidazole rings is 1. The van der Waals surface area contributed by atoms with Gasteiger partial charge >= 0.3 is 0 Å². The summed E-state index contributed by atoms with van der Waals surface area (Å²) in [6.45, 7) is 0.117. The van der Waals surface area contributed by atoms with Crippen molar-refractivity contribution in [1.29, 1.82) is 0 Å². The van der Waals surface area contributed by atoms with E-state index in [0.717, 1.165) is 21.4 Å². The van der Waals surface area contributed by atoms with Gasteiger partial charge < -0.3 is 0 Å². The number of carbonyl (C=O) groups excluding carboxylic acids is 1. The smallest absolute Gasteiger partial charge is 0.287 e. The van der Waals surface area contributed by atoms with Crippen LogP contribution in [-0.4, -0.2) is 15.3 Å². The Kier molecular flexibility index (Phi) is 5.17. The summed E-state index contributed by atoms with van der Waals surface area (Å²) >= 11 is 9.38. The minimum absolute atomic E-state index is 0.0176. The summed E-state index contributed by atoms with van der Waals surface area (Å²) in [7, 11) is 0. The molecule has 4 aromatic rings. The highest BCUT2D eigenvalue weighted by Gasteiger charge is 2.23. The summed E-state index contributed by atoms with van der Waals surface area (Å²) in [6, 6.07) is 16.9. The molecule has 4 rings (SSSR count). The van der Waals surface area contributed by atoms with Crippen LogP contribution in [0.15, 0.2) is 77.5 Å². The number of rotatable bonds is 5. The molecular weight excluding hydrogens is 458 g/mol. The number of carbonyl (C=O) groups is 1. The largest absolute Gasteiger partial charge is 0.290 e. The number of benzene rings is 2. The molecule has 0 saturated heterocycles. The number of nitrogens with zero attached hydrogens (tertiary/aromatic N) is 3. The molecule has 0 aliphatic heterocycles. The lowest BCUT2D eigenvalue weighted by atomic mass is 10.1. The van der Waals surface area contributed by atoms with Crippen molar-refractivity contribution in [1.82, 2.24) is 4.57 Å². The average molecular weight is 472 g/mol. The van der Waals surface area contributed by atoms with Crippen molar-refractivity contribution in [2.45, 2.75) is 6.54 Å². The van der Waals surface area contributed by atoms with Crippen LogP contribution in [0.25, 0.3) is 16.9 Å². The van der Waals surface area contributed by atoms with Crippen LogP contribution in [0.5, 0.6) is 0 Å². The second-order valence-corrected chi connectivity index (χ2v) is 7.80. The zero-order valence-electron chi connectivity index (χ0n) is 15.0. The van der Waals surface area contributed by atoms with Crippen molar-refractivity contribution < 1.29 is 14.1 Å². The quantitative estimate of drug-likeness (QED) is 0.176. The lowest BCUT2D eigenvalue weighted by Gasteiger charge is -2.04. The van der Waals surface area contributed by atoms with E-state index in [1.807, 2.05) is 33.5 Å². The Hall–Kier alpha value is -3.03. The molecule has 0 amide bonds. The number of hydrogen-bond acceptors (Lipinski definition) is 3. The molecule has 0 atom stereocenters. The first-order valence-corrected chi connectivity index (χ1v) is 9.83. The number of pyridine rings is 1. The molecule has 0 aliphatic rings. The molecule has 0 fully saturated rings. The molecule has 0 unspecified atom stereocenters. The standard InChI is InChI=1S/C21H14BrClN3O3/c22-16-5-10-21-24(11-16)12-19(14-3-8-18(9-4-14)26(28)29)25(21)13-20(27)15-1-6-17(23)7-2-15/h1-12H,13H2/q+1. The van der Waals surface area contributed by atoms with Gasteiger partial charge in [0.1, 0.15) is 12.4 Å². The third-order valence-corrected chi connectivity index (χ3v) is 5.31. The molecular formula is C21H14BrClN3O3+. The van der Waals surface area contributed by atoms with Crippen molar-refractivity contribution in [3.05, 3.63) is 98.2 Å². The Morgan fingerprint density at radius 2 is 1.72 bits per heavy atom. The highest BCUT2D eigenvalue weighted by Crippen LogP contribution is 2.25. The lowest BCUT2D eigenvalue weighted by Crippen LogP contribution is -2.20. The van der Waals surface area contributed by atoms with Crippen molar-refractivity contribution in [2.75, 3.05) is 0 Å². The summed E-state index contributed by atoms with van der Waals surface area (Å²) < 4.78 is 4.70. The van der Waals surface area contributed by atoms with Crippen LogP contribution in [0.3, 0.4) is 0 Å². The first kappa shape index (κ1) is 19.3. The van der Waals surface area contributed by atoms with Crippen LogP contribution in [0.1, 0.15) is 10.4 Å². The Morgan fingerprint density at radius 3 is 2.38 bits per heavy atom. The molecule has 0 aliphatic carbocycles. The van der Waals surface area contributed by atoms with Gasteiger partial charge in [0.25, 0.3) is 11.3 Å². The van der Waals surface area contributed by atoms with Crippen LogP contribution >= 0.6 is 27.5 Å². The zero-order valence-corrected chi connectivity index (χ0v) is 17.3. The van der Waals surface area contributed by atoms with E-state index in [0.29, 0.717) is 10.6 Å². The first-order chi connectivity index (χ1) is 13.9. The van der Waals surface area contributed by atoms with E-state index in [9.17, 15) is 14.9 Å². The molecule has 8 heteroatoms. The van der Waals surface area contributed by atoms with E-state index in [-0.39, 0.29) is 18.0 Å². The Morgan fingerprint density at radius 1 is 1.03 bits per heavy atom. The fraction of sp³-hybridized carbons (Fsp3) is 0.0476. The average Bonchev–Trinajstić information content (AvgIpc) is 3.05. The van der Waals surface area contributed by atoms with Crippen LogP contribution in [0, 0.1) is 10.1 Å². The first-order valence-electron chi connectivity index (χ1n) is 8.66. The molecule has 0 bridgehead atoms. The predicted octanol–water partition coefficient (Wildman–Crippen LogP) is 5.10. The fourth-order valence-corrected chi connectivity index (χ4v) is 3.64. The van der Waals surface area contributed by atoms with Crippen molar-refractivity contribution in [3.63, 3.8) is 0 Å². The van der Waals surface area contributed by atoms with Gasteiger partial charge in [-0.05, 0) is 58.4 Å². The maximum Gasteiger partial charge on any atom is 0.287 e. The molecule has 29 heavy (non-hydrogen) atoms. The van der Waals surface area contributed by atoms with Gasteiger partial charge in [0.05, 0.1) is 9.40 Å². The van der Waals surface area contributed by atoms with Crippen LogP contribution in [-0.2, 0) is 6.54 Å². The second-order valence-electron chi connectivity index (χ2n) is 6.45. The Bertz CT molecular complexity index is 1230. The molecule has 0 saturated carbocycles. The highest BCUT2D eigenvalue weighted by molar-refractivity contribution is 9.10. The number of non-ortho nitro benzene ring substituents is 1. The highest BCUT2D eigenvalue weighted by atomic mass is 79.9. The van der Waals surface area contributed by atoms with Gasteiger partial charge in [-0.1, -0.05) is 11.6 Å². The number of Topliss-reactive ketones (excluding diaryl/α,β-unsaturated/α-hetero) is 1. The summed E-state index contributed by atoms with van der Waals surface area (Å²) in [5, 5.41) is 11.5. The number of nitro benzene ring substituents is 1. The van der Waals surface area contributed by atoms with E-state index in [2.05, 4.69) is 15.9 Å². The van der Waals surface area contributed by atoms with Gasteiger partial charge in [0, 0.05) is 34.3 Å². The molecule has 2 aromatic carbocycles. The minimum Gasteiger partial charge on any atom is -0.290 e. The van der Waals surface area contributed by atoms with Crippen molar-refractivity contribution >= 4 is 44.6 Å². The van der Waals surface area contributed by atoms with Gasteiger partial charge in [0.15, 0.2) is 12.2 Å². The zero-order chi connectivity index (χ0) is 20.5. The maximum atomic E-state index is 12.9. The third kappa shape index (κ3) is 3.92. The van der Waals surface area contributed by atoms with Gasteiger partial charge in [-0.2, -0.15) is 0 Å². The second kappa shape index (κ2) is 7.77. The number of halogens is 2. The Labute approximate surface area is 179 Å². The molecule has 6 nitrogen and oxygen atoms in total. The summed E-state index contributed by atoms with van der Waals surface area (Å²) in [4.78, 5) is 23.4. The van der Waals surface area contributed by atoms with Gasteiger partial charge in [-0.3, -0.25) is 14.9 Å². The van der Waals surface area contributed by atoms with Gasteiger partial charge in [-0.15, -0.1) is 0 Å². The molecule has 0 N–H and O–H groups in total. The number of ketones is 1. The Balaban J connectivity index is 1.80. The topological polar surface area (TPSA) is 69.2 Å². The molecule has 0 radical (unpaired) electrons. The lowest BCUT2D eigenvalue weighted by molar-refractivity contribution is -0.511. The predicted molar refractivity (Wildman–Crippen MR) is 113 cm³/mol. The van der Waals surface area contributed by atoms with Crippen molar-refractivity contribution in [2.24, 2.45) is 0 Å². The summed E-state index contributed by atoms with van der Waals surface area (Å²) in [5.74, 6) is -0.0640. The minimum atomic E-state index is -0.435. The molecule has 2 aromatic heterocycles. The van der Waals surface area contributed by atoms with E-state index >= 15 is 0 Å².